The monoisotopic (exact) mass is 346 g/mol. The van der Waals surface area contributed by atoms with E-state index >= 15 is 0 Å². The minimum absolute atomic E-state index is 0. The Morgan fingerprint density at radius 1 is 1.13 bits per heavy atom. The van der Waals surface area contributed by atoms with Crippen LogP contribution in [-0.2, 0) is 4.79 Å². The van der Waals surface area contributed by atoms with E-state index in [-0.39, 0.29) is 19.0 Å². The molecule has 0 spiro atoms. The third kappa shape index (κ3) is 6.98. The molecule has 0 aromatic carbocycles. The average molecular weight is 347 g/mol. The van der Waals surface area contributed by atoms with Gasteiger partial charge in [-0.05, 0) is 83.0 Å². The molecule has 2 aliphatic rings. The Kier molecular flexibility index (Phi) is 8.88. The Balaban J connectivity index is 0.00000264. The van der Waals surface area contributed by atoms with Crippen LogP contribution in [0.5, 0.6) is 0 Å². The molecule has 23 heavy (non-hydrogen) atoms. The van der Waals surface area contributed by atoms with Gasteiger partial charge in [-0.25, -0.2) is 0 Å². The Morgan fingerprint density at radius 2 is 1.70 bits per heavy atom. The summed E-state index contributed by atoms with van der Waals surface area (Å²) in [7, 11) is 1.94. The quantitative estimate of drug-likeness (QED) is 0.801. The highest BCUT2D eigenvalue weighted by molar-refractivity contribution is 5.85. The standard InChI is InChI=1S/C18H34N2O2.ClH/c1-14-10-15(2)12-16(11-14)4-7-20-8-5-17(6-9-20)19(3)13-18(21)22;/h14-17H,4-13H2,1-3H3,(H,21,22);1H. The molecule has 1 saturated heterocycles. The minimum Gasteiger partial charge on any atom is -0.480 e. The largest absolute Gasteiger partial charge is 0.480 e. The number of rotatable bonds is 6. The molecule has 1 N–H and O–H groups in total. The lowest BCUT2D eigenvalue weighted by atomic mass is 9.75. The first-order chi connectivity index (χ1) is 10.4. The zero-order chi connectivity index (χ0) is 16.1. The van der Waals surface area contributed by atoms with Gasteiger partial charge >= 0.3 is 5.97 Å². The van der Waals surface area contributed by atoms with Gasteiger partial charge in [0.1, 0.15) is 0 Å². The topological polar surface area (TPSA) is 43.8 Å². The van der Waals surface area contributed by atoms with Crippen molar-refractivity contribution in [2.75, 3.05) is 33.2 Å². The molecule has 0 bridgehead atoms. The molecule has 1 aliphatic heterocycles. The number of likely N-dealkylation sites (N-methyl/N-ethyl adjacent to an activating group) is 1. The highest BCUT2D eigenvalue weighted by atomic mass is 35.5. The maximum absolute atomic E-state index is 10.8. The first kappa shape index (κ1) is 20.7. The summed E-state index contributed by atoms with van der Waals surface area (Å²) in [6, 6.07) is 0.446. The summed E-state index contributed by atoms with van der Waals surface area (Å²) in [6.07, 6.45) is 7.83. The van der Waals surface area contributed by atoms with Crippen molar-refractivity contribution < 1.29 is 9.90 Å². The highest BCUT2D eigenvalue weighted by Crippen LogP contribution is 2.34. The third-order valence-corrected chi connectivity index (χ3v) is 5.69. The molecule has 0 aromatic rings. The number of carboxylic acid groups (broad SMARTS) is 1. The summed E-state index contributed by atoms with van der Waals surface area (Å²) in [6.45, 7) is 8.49. The van der Waals surface area contributed by atoms with E-state index in [1.807, 2.05) is 11.9 Å². The number of nitrogens with zero attached hydrogens (tertiary/aromatic N) is 2. The Labute approximate surface area is 148 Å². The van der Waals surface area contributed by atoms with Gasteiger partial charge in [-0.3, -0.25) is 9.69 Å². The summed E-state index contributed by atoms with van der Waals surface area (Å²) in [5.74, 6) is 2.02. The average Bonchev–Trinajstić information content (AvgIpc) is 2.44. The van der Waals surface area contributed by atoms with E-state index in [1.54, 1.807) is 0 Å². The maximum Gasteiger partial charge on any atom is 0.317 e. The fraction of sp³-hybridized carbons (Fsp3) is 0.944. The van der Waals surface area contributed by atoms with Gasteiger partial charge in [-0.1, -0.05) is 13.8 Å². The van der Waals surface area contributed by atoms with Crippen LogP contribution in [-0.4, -0.2) is 60.1 Å². The van der Waals surface area contributed by atoms with Crippen LogP contribution in [0.15, 0.2) is 0 Å². The molecule has 2 atom stereocenters. The van der Waals surface area contributed by atoms with Gasteiger partial charge in [0.05, 0.1) is 6.54 Å². The van der Waals surface area contributed by atoms with Crippen molar-refractivity contribution in [3.05, 3.63) is 0 Å². The Bertz CT molecular complexity index is 349. The summed E-state index contributed by atoms with van der Waals surface area (Å²) >= 11 is 0. The van der Waals surface area contributed by atoms with E-state index in [9.17, 15) is 4.79 Å². The van der Waals surface area contributed by atoms with Gasteiger partial charge in [-0.15, -0.1) is 12.4 Å². The van der Waals surface area contributed by atoms with Crippen LogP contribution in [0.25, 0.3) is 0 Å². The minimum atomic E-state index is -0.717. The number of aliphatic carboxylic acids is 1. The summed E-state index contributed by atoms with van der Waals surface area (Å²) in [4.78, 5) is 15.4. The van der Waals surface area contributed by atoms with E-state index in [1.165, 1.54) is 32.2 Å². The number of carbonyl (C=O) groups is 1. The number of likely N-dealkylation sites (tertiary alicyclic amines) is 1. The van der Waals surface area contributed by atoms with Gasteiger partial charge in [0, 0.05) is 6.04 Å². The van der Waals surface area contributed by atoms with Gasteiger partial charge < -0.3 is 10.0 Å². The molecule has 4 nitrogen and oxygen atoms in total. The maximum atomic E-state index is 10.8. The lowest BCUT2D eigenvalue weighted by Crippen LogP contribution is -2.45. The van der Waals surface area contributed by atoms with Crippen molar-refractivity contribution in [2.45, 2.75) is 58.4 Å². The highest BCUT2D eigenvalue weighted by Gasteiger charge is 2.26. The second-order valence-electron chi connectivity index (χ2n) is 7.95. The molecule has 136 valence electrons. The van der Waals surface area contributed by atoms with Crippen LogP contribution in [0.3, 0.4) is 0 Å². The smallest absolute Gasteiger partial charge is 0.317 e. The Morgan fingerprint density at radius 3 is 2.22 bits per heavy atom. The predicted octanol–water partition coefficient (Wildman–Crippen LogP) is 3.35. The van der Waals surface area contributed by atoms with Crippen molar-refractivity contribution in [2.24, 2.45) is 17.8 Å². The van der Waals surface area contributed by atoms with Crippen LogP contribution in [0.4, 0.5) is 0 Å². The van der Waals surface area contributed by atoms with Crippen LogP contribution >= 0.6 is 12.4 Å². The van der Waals surface area contributed by atoms with Crippen LogP contribution in [0, 0.1) is 17.8 Å². The van der Waals surface area contributed by atoms with Gasteiger partial charge in [0.25, 0.3) is 0 Å². The molecule has 2 fully saturated rings. The fourth-order valence-corrected chi connectivity index (χ4v) is 4.64. The van der Waals surface area contributed by atoms with Gasteiger partial charge in [0.2, 0.25) is 0 Å². The number of hydrogen-bond acceptors (Lipinski definition) is 3. The zero-order valence-corrected chi connectivity index (χ0v) is 15.9. The molecular weight excluding hydrogens is 312 g/mol. The van der Waals surface area contributed by atoms with E-state index in [0.717, 1.165) is 43.7 Å². The van der Waals surface area contributed by atoms with Crippen molar-refractivity contribution in [1.29, 1.82) is 0 Å². The second-order valence-corrected chi connectivity index (χ2v) is 7.95. The Hall–Kier alpha value is -0.320. The van der Waals surface area contributed by atoms with E-state index in [0.29, 0.717) is 6.04 Å². The normalized spacial score (nSPS) is 30.2. The molecule has 0 amide bonds. The first-order valence-electron chi connectivity index (χ1n) is 9.08. The third-order valence-electron chi connectivity index (χ3n) is 5.69. The van der Waals surface area contributed by atoms with Gasteiger partial charge in [-0.2, -0.15) is 0 Å². The lowest BCUT2D eigenvalue weighted by molar-refractivity contribution is -0.138. The van der Waals surface area contributed by atoms with E-state index in [4.69, 9.17) is 5.11 Å². The van der Waals surface area contributed by atoms with Crippen molar-refractivity contribution in [1.82, 2.24) is 9.80 Å². The SMILES string of the molecule is CC1CC(C)CC(CCN2CCC(N(C)CC(=O)O)CC2)C1.Cl. The first-order valence-corrected chi connectivity index (χ1v) is 9.08. The molecule has 2 unspecified atom stereocenters. The fourth-order valence-electron chi connectivity index (χ4n) is 4.64. The van der Waals surface area contributed by atoms with Crippen molar-refractivity contribution in [3.8, 4) is 0 Å². The van der Waals surface area contributed by atoms with Crippen molar-refractivity contribution >= 4 is 18.4 Å². The summed E-state index contributed by atoms with van der Waals surface area (Å²) in [5, 5.41) is 8.89. The van der Waals surface area contributed by atoms with E-state index < -0.39 is 5.97 Å². The number of hydrogen-bond donors (Lipinski definition) is 1. The zero-order valence-electron chi connectivity index (χ0n) is 15.0. The molecular formula is C18H35ClN2O2. The van der Waals surface area contributed by atoms with E-state index in [2.05, 4.69) is 18.7 Å². The second kappa shape index (κ2) is 9.85. The summed E-state index contributed by atoms with van der Waals surface area (Å²) < 4.78 is 0. The van der Waals surface area contributed by atoms with Crippen LogP contribution in [0.2, 0.25) is 0 Å². The van der Waals surface area contributed by atoms with Crippen molar-refractivity contribution in [3.63, 3.8) is 0 Å². The molecule has 0 radical (unpaired) electrons. The number of piperidine rings is 1. The van der Waals surface area contributed by atoms with Gasteiger partial charge in [0.15, 0.2) is 0 Å². The number of halogens is 1. The summed E-state index contributed by atoms with van der Waals surface area (Å²) in [5.41, 5.74) is 0. The van der Waals surface area contributed by atoms with Crippen LogP contribution in [0.1, 0.15) is 52.4 Å². The molecule has 0 aromatic heterocycles. The molecule has 1 heterocycles. The molecule has 2 rings (SSSR count). The lowest BCUT2D eigenvalue weighted by Gasteiger charge is -2.37. The molecule has 1 saturated carbocycles. The number of carboxylic acids is 1. The van der Waals surface area contributed by atoms with Crippen LogP contribution < -0.4 is 0 Å². The molecule has 5 heteroatoms. The predicted molar refractivity (Wildman–Crippen MR) is 97.3 cm³/mol. The molecule has 1 aliphatic carbocycles.